The molecule has 5 nitrogen and oxygen atoms in total. The van der Waals surface area contributed by atoms with Crippen molar-refractivity contribution < 1.29 is 8.42 Å². The zero-order valence-corrected chi connectivity index (χ0v) is 13.0. The molecule has 2 aromatic rings. The maximum atomic E-state index is 12.1. The summed E-state index contributed by atoms with van der Waals surface area (Å²) in [5.74, 6) is 0.533. The molecule has 3 rings (SSSR count). The fourth-order valence-corrected chi connectivity index (χ4v) is 4.21. The fourth-order valence-electron chi connectivity index (χ4n) is 1.80. The second-order valence-electron chi connectivity index (χ2n) is 4.25. The molecule has 0 bridgehead atoms. The Bertz CT molecular complexity index is 807. The lowest BCUT2D eigenvalue weighted by molar-refractivity contribution is 0.598. The third kappa shape index (κ3) is 3.20. The largest absolute Gasteiger partial charge is 0.333 e. The molecule has 108 valence electrons. The van der Waals surface area contributed by atoms with Crippen molar-refractivity contribution in [1.82, 2.24) is 4.98 Å². The molecule has 1 aliphatic rings. The first-order chi connectivity index (χ1) is 10.0. The maximum absolute atomic E-state index is 12.1. The molecule has 1 aromatic heterocycles. The van der Waals surface area contributed by atoms with Gasteiger partial charge in [-0.25, -0.2) is 0 Å². The first kappa shape index (κ1) is 14.4. The average molecular weight is 340 g/mol. The van der Waals surface area contributed by atoms with Crippen molar-refractivity contribution in [2.45, 2.75) is 10.6 Å². The molecule has 0 saturated carbocycles. The number of nitrogens with zero attached hydrogens (tertiary/aromatic N) is 2. The quantitative estimate of drug-likeness (QED) is 0.910. The van der Waals surface area contributed by atoms with Crippen molar-refractivity contribution in [3.8, 4) is 0 Å². The van der Waals surface area contributed by atoms with Crippen LogP contribution in [0.3, 0.4) is 0 Å². The normalized spacial score (nSPS) is 15.8. The first-order valence-electron chi connectivity index (χ1n) is 5.99. The van der Waals surface area contributed by atoms with Gasteiger partial charge in [0, 0.05) is 17.0 Å². The highest BCUT2D eigenvalue weighted by Crippen LogP contribution is 2.32. The van der Waals surface area contributed by atoms with Gasteiger partial charge >= 0.3 is 0 Å². The van der Waals surface area contributed by atoms with Gasteiger partial charge < -0.3 is 5.32 Å². The summed E-state index contributed by atoms with van der Waals surface area (Å²) in [6.45, 7) is 0. The van der Waals surface area contributed by atoms with Gasteiger partial charge in [0.25, 0.3) is 10.0 Å². The van der Waals surface area contributed by atoms with E-state index in [-0.39, 0.29) is 4.90 Å². The SMILES string of the molecule is O=S1(=O)N=C(SCc2ccccn2)Nc2ccc(Cl)cc21. The summed E-state index contributed by atoms with van der Waals surface area (Å²) in [5.41, 5.74) is 1.34. The van der Waals surface area contributed by atoms with Crippen LogP contribution < -0.4 is 5.32 Å². The van der Waals surface area contributed by atoms with Crippen LogP contribution in [0.5, 0.6) is 0 Å². The Morgan fingerprint density at radius 2 is 2.10 bits per heavy atom. The molecule has 21 heavy (non-hydrogen) atoms. The van der Waals surface area contributed by atoms with Crippen molar-refractivity contribution in [3.05, 3.63) is 53.3 Å². The number of halogens is 1. The number of hydrogen-bond acceptors (Lipinski definition) is 5. The zero-order valence-electron chi connectivity index (χ0n) is 10.7. The van der Waals surface area contributed by atoms with Gasteiger partial charge in [-0.1, -0.05) is 29.4 Å². The lowest BCUT2D eigenvalue weighted by Gasteiger charge is -2.17. The Balaban J connectivity index is 1.83. The fraction of sp³-hybridized carbons (Fsp3) is 0.0769. The van der Waals surface area contributed by atoms with E-state index in [2.05, 4.69) is 14.7 Å². The van der Waals surface area contributed by atoms with Crippen LogP contribution in [-0.2, 0) is 15.8 Å². The number of rotatable bonds is 2. The van der Waals surface area contributed by atoms with Crippen LogP contribution in [0, 0.1) is 0 Å². The van der Waals surface area contributed by atoms with Crippen molar-refractivity contribution in [3.63, 3.8) is 0 Å². The van der Waals surface area contributed by atoms with Crippen LogP contribution in [0.25, 0.3) is 0 Å². The van der Waals surface area contributed by atoms with Crippen LogP contribution in [-0.4, -0.2) is 18.6 Å². The number of sulfonamides is 1. The Kier molecular flexibility index (Phi) is 3.88. The summed E-state index contributed by atoms with van der Waals surface area (Å²) in [4.78, 5) is 4.28. The highest BCUT2D eigenvalue weighted by atomic mass is 35.5. The predicted octanol–water partition coefficient (Wildman–Crippen LogP) is 3.14. The van der Waals surface area contributed by atoms with Gasteiger partial charge in [0.1, 0.15) is 4.90 Å². The van der Waals surface area contributed by atoms with Crippen molar-refractivity contribution >= 4 is 44.2 Å². The molecule has 0 saturated heterocycles. The summed E-state index contributed by atoms with van der Waals surface area (Å²) in [5, 5.41) is 3.69. The van der Waals surface area contributed by atoms with Crippen LogP contribution in [0.4, 0.5) is 5.69 Å². The molecular weight excluding hydrogens is 330 g/mol. The molecular formula is C13H10ClN3O2S2. The van der Waals surface area contributed by atoms with Crippen LogP contribution in [0.15, 0.2) is 51.9 Å². The van der Waals surface area contributed by atoms with Crippen LogP contribution in [0.2, 0.25) is 5.02 Å². The van der Waals surface area contributed by atoms with E-state index in [1.54, 1.807) is 18.3 Å². The average Bonchev–Trinajstić information content (AvgIpc) is 2.47. The number of fused-ring (bicyclic) bond motifs is 1. The molecule has 0 atom stereocenters. The molecule has 0 fully saturated rings. The Labute approximate surface area is 131 Å². The topological polar surface area (TPSA) is 71.4 Å². The van der Waals surface area contributed by atoms with E-state index >= 15 is 0 Å². The second kappa shape index (κ2) is 5.67. The zero-order chi connectivity index (χ0) is 14.9. The summed E-state index contributed by atoms with van der Waals surface area (Å²) in [6.07, 6.45) is 1.69. The van der Waals surface area contributed by atoms with Crippen molar-refractivity contribution in [1.29, 1.82) is 0 Å². The molecule has 1 aliphatic heterocycles. The van der Waals surface area contributed by atoms with E-state index in [0.29, 0.717) is 21.6 Å². The number of anilines is 1. The summed E-state index contributed by atoms with van der Waals surface area (Å²) in [7, 11) is -3.72. The number of aromatic nitrogens is 1. The van der Waals surface area contributed by atoms with E-state index in [9.17, 15) is 8.42 Å². The minimum atomic E-state index is -3.72. The highest BCUT2D eigenvalue weighted by molar-refractivity contribution is 8.14. The van der Waals surface area contributed by atoms with E-state index in [1.165, 1.54) is 17.8 Å². The molecule has 0 radical (unpaired) electrons. The van der Waals surface area contributed by atoms with Crippen molar-refractivity contribution in [2.24, 2.45) is 4.40 Å². The molecule has 0 aliphatic carbocycles. The number of nitrogens with one attached hydrogen (secondary N) is 1. The minimum absolute atomic E-state index is 0.0946. The van der Waals surface area contributed by atoms with Gasteiger partial charge in [0.05, 0.1) is 11.4 Å². The molecule has 8 heteroatoms. The standard InChI is InChI=1S/C13H10ClN3O2S2/c14-9-4-5-11-12(7-9)21(18,19)17-13(16-11)20-8-10-3-1-2-6-15-10/h1-7H,8H2,(H,16,17). The molecule has 0 spiro atoms. The summed E-state index contributed by atoms with van der Waals surface area (Å²) >= 11 is 7.11. The van der Waals surface area contributed by atoms with Gasteiger partial charge in [-0.15, -0.1) is 4.40 Å². The number of thioether (sulfide) groups is 1. The first-order valence-corrected chi connectivity index (χ1v) is 8.79. The molecule has 0 unspecified atom stereocenters. The number of benzene rings is 1. The Hall–Kier alpha value is -1.57. The third-order valence-electron chi connectivity index (χ3n) is 2.75. The van der Waals surface area contributed by atoms with Crippen molar-refractivity contribution in [2.75, 3.05) is 5.32 Å². The number of hydrogen-bond donors (Lipinski definition) is 1. The van der Waals surface area contributed by atoms with Gasteiger partial charge in [-0.2, -0.15) is 8.42 Å². The summed E-state index contributed by atoms with van der Waals surface area (Å²) in [6, 6.07) is 10.2. The van der Waals surface area contributed by atoms with Gasteiger partial charge in [-0.3, -0.25) is 4.98 Å². The minimum Gasteiger partial charge on any atom is -0.333 e. The monoisotopic (exact) mass is 339 g/mol. The van der Waals surface area contributed by atoms with Crippen LogP contribution >= 0.6 is 23.4 Å². The highest BCUT2D eigenvalue weighted by Gasteiger charge is 2.25. The van der Waals surface area contributed by atoms with E-state index < -0.39 is 10.0 Å². The Morgan fingerprint density at radius 3 is 2.86 bits per heavy atom. The van der Waals surface area contributed by atoms with Gasteiger partial charge in [-0.05, 0) is 30.3 Å². The Morgan fingerprint density at radius 1 is 1.24 bits per heavy atom. The maximum Gasteiger partial charge on any atom is 0.286 e. The third-order valence-corrected chi connectivity index (χ3v) is 5.32. The lowest BCUT2D eigenvalue weighted by Crippen LogP contribution is -2.19. The summed E-state index contributed by atoms with van der Waals surface area (Å²) < 4.78 is 28.0. The molecule has 1 aromatic carbocycles. The molecule has 1 N–H and O–H groups in total. The van der Waals surface area contributed by atoms with Gasteiger partial charge in [0.15, 0.2) is 5.17 Å². The van der Waals surface area contributed by atoms with E-state index in [1.807, 2.05) is 18.2 Å². The smallest absolute Gasteiger partial charge is 0.286 e. The number of amidine groups is 1. The predicted molar refractivity (Wildman–Crippen MR) is 85.2 cm³/mol. The van der Waals surface area contributed by atoms with E-state index in [0.717, 1.165) is 5.69 Å². The second-order valence-corrected chi connectivity index (χ2v) is 7.22. The molecule has 0 amide bonds. The lowest BCUT2D eigenvalue weighted by atomic mass is 10.3. The number of pyridine rings is 1. The van der Waals surface area contributed by atoms with Crippen LogP contribution in [0.1, 0.15) is 5.69 Å². The van der Waals surface area contributed by atoms with Gasteiger partial charge in [0.2, 0.25) is 0 Å². The molecule has 2 heterocycles. The van der Waals surface area contributed by atoms with E-state index in [4.69, 9.17) is 11.6 Å².